The summed E-state index contributed by atoms with van der Waals surface area (Å²) in [5, 5.41) is 3.98. The molecule has 0 unspecified atom stereocenters. The Morgan fingerprint density at radius 1 is 1.18 bits per heavy atom. The van der Waals surface area contributed by atoms with Gasteiger partial charge in [-0.15, -0.1) is 12.4 Å². The first kappa shape index (κ1) is 6.16. The molecule has 1 aromatic heterocycles. The average Bonchev–Trinajstić information content (AvgIpc) is 2.58. The van der Waals surface area contributed by atoms with Crippen LogP contribution in [0.3, 0.4) is 0 Å². The summed E-state index contributed by atoms with van der Waals surface area (Å²) in [6.07, 6.45) is 4.61. The third kappa shape index (κ3) is 1.15. The second-order valence-electron chi connectivity index (χ2n) is 2.22. The summed E-state index contributed by atoms with van der Waals surface area (Å²) >= 11 is 0. The highest BCUT2D eigenvalue weighted by atomic mass is 15.3. The molecule has 1 aromatic carbocycles. The first-order valence-electron chi connectivity index (χ1n) is 3.44. The second-order valence-corrected chi connectivity index (χ2v) is 2.22. The van der Waals surface area contributed by atoms with Gasteiger partial charge in [-0.3, -0.25) is 0 Å². The highest BCUT2D eigenvalue weighted by molar-refractivity contribution is 5.29. The van der Waals surface area contributed by atoms with Gasteiger partial charge >= 0.3 is 0 Å². The van der Waals surface area contributed by atoms with E-state index >= 15 is 0 Å². The number of rotatable bonds is 1. The summed E-state index contributed by atoms with van der Waals surface area (Å²) in [5.41, 5.74) is 1.06. The van der Waals surface area contributed by atoms with E-state index in [0.29, 0.717) is 0 Å². The number of hydrogen-bond donors (Lipinski definition) is 0. The van der Waals surface area contributed by atoms with Crippen LogP contribution in [0.1, 0.15) is 0 Å². The third-order valence-corrected chi connectivity index (χ3v) is 1.48. The molecule has 0 fully saturated rings. The number of nitrogens with zero attached hydrogens (tertiary/aromatic N) is 2. The Morgan fingerprint density at radius 3 is 2.64 bits per heavy atom. The minimum atomic E-state index is 1.06. The molecule has 2 heteroatoms. The third-order valence-electron chi connectivity index (χ3n) is 1.48. The van der Waals surface area contributed by atoms with E-state index in [9.17, 15) is 0 Å². The number of benzene rings is 1. The Bertz CT molecular complexity index is 311. The summed E-state index contributed by atoms with van der Waals surface area (Å²) in [6, 6.07) is 11.7. The molecule has 2 aromatic rings. The molecule has 1 heterocycles. The molecule has 11 heavy (non-hydrogen) atoms. The van der Waals surface area contributed by atoms with E-state index in [-0.39, 0.29) is 0 Å². The zero-order valence-electron chi connectivity index (χ0n) is 5.94. The Labute approximate surface area is 65.1 Å². The van der Waals surface area contributed by atoms with Gasteiger partial charge in [0.15, 0.2) is 0 Å². The normalized spacial score (nSPS) is 9.82. The van der Waals surface area contributed by atoms with Gasteiger partial charge in [0.25, 0.3) is 0 Å². The lowest BCUT2D eigenvalue weighted by atomic mass is 10.3. The molecule has 0 spiro atoms. The molecular formula is C9H7N2-. The van der Waals surface area contributed by atoms with Crippen molar-refractivity contribution in [3.05, 3.63) is 48.8 Å². The fourth-order valence-corrected chi connectivity index (χ4v) is 0.957. The SMILES string of the molecule is [c-]1ccn(-c2ccccc2)n1. The maximum atomic E-state index is 3.98. The lowest BCUT2D eigenvalue weighted by Crippen LogP contribution is -1.92. The molecule has 0 atom stereocenters. The minimum absolute atomic E-state index is 1.06. The molecule has 0 aliphatic heterocycles. The summed E-state index contributed by atoms with van der Waals surface area (Å²) in [6.45, 7) is 0. The predicted molar refractivity (Wildman–Crippen MR) is 42.4 cm³/mol. The Balaban J connectivity index is 2.46. The van der Waals surface area contributed by atoms with Crippen LogP contribution in [-0.4, -0.2) is 9.78 Å². The van der Waals surface area contributed by atoms with Crippen LogP contribution in [0.25, 0.3) is 5.69 Å². The molecule has 2 nitrogen and oxygen atoms in total. The predicted octanol–water partition coefficient (Wildman–Crippen LogP) is 1.67. The average molecular weight is 143 g/mol. The first-order chi connectivity index (χ1) is 5.47. The van der Waals surface area contributed by atoms with Crippen molar-refractivity contribution in [2.24, 2.45) is 0 Å². The van der Waals surface area contributed by atoms with E-state index in [1.807, 2.05) is 36.5 Å². The lowest BCUT2D eigenvalue weighted by Gasteiger charge is -2.03. The second kappa shape index (κ2) is 2.58. The topological polar surface area (TPSA) is 17.8 Å². The number of hydrogen-bond acceptors (Lipinski definition) is 1. The number of para-hydroxylation sites is 1. The molecule has 0 saturated carbocycles. The molecular weight excluding hydrogens is 136 g/mol. The highest BCUT2D eigenvalue weighted by Gasteiger charge is 1.84. The molecule has 0 N–H and O–H groups in total. The monoisotopic (exact) mass is 143 g/mol. The van der Waals surface area contributed by atoms with Crippen molar-refractivity contribution < 1.29 is 0 Å². The Kier molecular flexibility index (Phi) is 1.44. The van der Waals surface area contributed by atoms with Crippen LogP contribution in [0.5, 0.6) is 0 Å². The van der Waals surface area contributed by atoms with E-state index in [1.165, 1.54) is 0 Å². The van der Waals surface area contributed by atoms with Crippen molar-refractivity contribution >= 4 is 0 Å². The quantitative estimate of drug-likeness (QED) is 0.555. The first-order valence-corrected chi connectivity index (χ1v) is 3.44. The lowest BCUT2D eigenvalue weighted by molar-refractivity contribution is 0.877. The molecule has 2 rings (SSSR count). The number of aromatic nitrogens is 2. The smallest absolute Gasteiger partial charge is 0.0430 e. The molecule has 0 saturated heterocycles. The van der Waals surface area contributed by atoms with Crippen molar-refractivity contribution in [2.75, 3.05) is 0 Å². The van der Waals surface area contributed by atoms with Gasteiger partial charge in [-0.1, -0.05) is 18.2 Å². The van der Waals surface area contributed by atoms with E-state index in [0.717, 1.165) is 5.69 Å². The standard InChI is InChI=1S/C9H7N2/c1-2-5-9(6-3-1)11-8-4-7-10-11/h1-6,8H/q-1. The molecule has 54 valence electrons. The van der Waals surface area contributed by atoms with E-state index < -0.39 is 0 Å². The van der Waals surface area contributed by atoms with Gasteiger partial charge in [0.1, 0.15) is 0 Å². The van der Waals surface area contributed by atoms with Crippen molar-refractivity contribution in [1.82, 2.24) is 9.78 Å². The summed E-state index contributed by atoms with van der Waals surface area (Å²) < 4.78 is 1.78. The van der Waals surface area contributed by atoms with Crippen LogP contribution in [0.4, 0.5) is 0 Å². The summed E-state index contributed by atoms with van der Waals surface area (Å²) in [5.74, 6) is 0. The van der Waals surface area contributed by atoms with Crippen LogP contribution in [0.2, 0.25) is 0 Å². The Hall–Kier alpha value is -1.57. The maximum Gasteiger partial charge on any atom is 0.0430 e. The van der Waals surface area contributed by atoms with Crippen LogP contribution >= 0.6 is 0 Å². The minimum Gasteiger partial charge on any atom is -0.338 e. The summed E-state index contributed by atoms with van der Waals surface area (Å²) in [4.78, 5) is 0. The van der Waals surface area contributed by atoms with Crippen LogP contribution in [0, 0.1) is 6.20 Å². The zero-order chi connectivity index (χ0) is 7.52. The maximum absolute atomic E-state index is 3.98. The van der Waals surface area contributed by atoms with Gasteiger partial charge in [0.05, 0.1) is 0 Å². The molecule has 0 bridgehead atoms. The van der Waals surface area contributed by atoms with Gasteiger partial charge in [-0.2, -0.15) is 6.07 Å². The van der Waals surface area contributed by atoms with Gasteiger partial charge in [-0.05, 0) is 12.1 Å². The largest absolute Gasteiger partial charge is 0.338 e. The van der Waals surface area contributed by atoms with Crippen molar-refractivity contribution in [3.8, 4) is 5.69 Å². The summed E-state index contributed by atoms with van der Waals surface area (Å²) in [7, 11) is 0. The van der Waals surface area contributed by atoms with Crippen molar-refractivity contribution in [3.63, 3.8) is 0 Å². The van der Waals surface area contributed by atoms with Gasteiger partial charge in [0.2, 0.25) is 0 Å². The molecule has 0 amide bonds. The molecule has 0 radical (unpaired) electrons. The van der Waals surface area contributed by atoms with Crippen molar-refractivity contribution in [2.45, 2.75) is 0 Å². The van der Waals surface area contributed by atoms with Crippen molar-refractivity contribution in [1.29, 1.82) is 0 Å². The van der Waals surface area contributed by atoms with E-state index in [2.05, 4.69) is 11.3 Å². The fourth-order valence-electron chi connectivity index (χ4n) is 0.957. The van der Waals surface area contributed by atoms with E-state index in [4.69, 9.17) is 0 Å². The van der Waals surface area contributed by atoms with Crippen LogP contribution in [-0.2, 0) is 0 Å². The van der Waals surface area contributed by atoms with Gasteiger partial charge in [0, 0.05) is 5.69 Å². The van der Waals surface area contributed by atoms with Crippen LogP contribution < -0.4 is 0 Å². The van der Waals surface area contributed by atoms with Gasteiger partial charge < -0.3 is 9.78 Å². The molecule has 0 aliphatic carbocycles. The molecule has 0 aliphatic rings. The fraction of sp³-hybridized carbons (Fsp3) is 0. The van der Waals surface area contributed by atoms with Crippen LogP contribution in [0.15, 0.2) is 42.6 Å². The zero-order valence-corrected chi connectivity index (χ0v) is 5.94. The van der Waals surface area contributed by atoms with Gasteiger partial charge in [-0.25, -0.2) is 0 Å². The highest BCUT2D eigenvalue weighted by Crippen LogP contribution is 2.02. The van der Waals surface area contributed by atoms with E-state index in [1.54, 1.807) is 10.7 Å². The Morgan fingerprint density at radius 2 is 2.00 bits per heavy atom.